The van der Waals surface area contributed by atoms with E-state index in [4.69, 9.17) is 4.42 Å². The van der Waals surface area contributed by atoms with Crippen LogP contribution in [0.1, 0.15) is 30.2 Å². The summed E-state index contributed by atoms with van der Waals surface area (Å²) in [5.74, 6) is 1.12. The summed E-state index contributed by atoms with van der Waals surface area (Å²) in [4.78, 5) is 0. The monoisotopic (exact) mass is 229 g/mol. The van der Waals surface area contributed by atoms with Crippen molar-refractivity contribution in [2.75, 3.05) is 7.05 Å². The molecule has 0 aliphatic heterocycles. The fourth-order valence-electron chi connectivity index (χ4n) is 1.80. The molecule has 1 aliphatic carbocycles. The molecule has 0 fully saturated rings. The van der Waals surface area contributed by atoms with Crippen LogP contribution in [0.5, 0.6) is 0 Å². The third kappa shape index (κ3) is 1.31. The zero-order valence-electron chi connectivity index (χ0n) is 7.06. The number of hydrogen-bond donors (Lipinski definition) is 1. The van der Waals surface area contributed by atoms with Crippen LogP contribution < -0.4 is 5.32 Å². The molecule has 3 heteroatoms. The summed E-state index contributed by atoms with van der Waals surface area (Å²) >= 11 is 3.35. The zero-order valence-corrected chi connectivity index (χ0v) is 8.65. The van der Waals surface area contributed by atoms with Crippen LogP contribution in [0.2, 0.25) is 0 Å². The molecule has 0 aromatic carbocycles. The van der Waals surface area contributed by atoms with Gasteiger partial charge in [0.1, 0.15) is 5.76 Å². The predicted octanol–water partition coefficient (Wildman–Crippen LogP) is 2.64. The van der Waals surface area contributed by atoms with Crippen molar-refractivity contribution in [3.05, 3.63) is 22.1 Å². The molecule has 0 radical (unpaired) electrons. The van der Waals surface area contributed by atoms with Crippen molar-refractivity contribution in [2.24, 2.45) is 0 Å². The lowest BCUT2D eigenvalue weighted by Crippen LogP contribution is -2.20. The molecule has 0 bridgehead atoms. The Bertz CT molecular complexity index is 282. The lowest BCUT2D eigenvalue weighted by atomic mass is 9.94. The molecule has 0 saturated carbocycles. The van der Waals surface area contributed by atoms with Crippen molar-refractivity contribution in [1.82, 2.24) is 5.32 Å². The van der Waals surface area contributed by atoms with Gasteiger partial charge in [-0.3, -0.25) is 0 Å². The maximum Gasteiger partial charge on any atom is 0.169 e. The molecule has 0 saturated heterocycles. The standard InChI is InChI=1S/C9H12BrNO/c1-11-7-4-2-3-6-5-8(10)12-9(6)7/h5,7,11H,2-4H2,1H3. The highest BCUT2D eigenvalue weighted by atomic mass is 79.9. The number of halogens is 1. The second-order valence-electron chi connectivity index (χ2n) is 3.17. The summed E-state index contributed by atoms with van der Waals surface area (Å²) < 4.78 is 6.42. The van der Waals surface area contributed by atoms with Gasteiger partial charge in [0.15, 0.2) is 4.67 Å². The average Bonchev–Trinajstić information content (AvgIpc) is 2.44. The van der Waals surface area contributed by atoms with Crippen LogP contribution in [0.25, 0.3) is 0 Å². The number of furan rings is 1. The lowest BCUT2D eigenvalue weighted by molar-refractivity contribution is 0.377. The third-order valence-corrected chi connectivity index (χ3v) is 2.81. The Kier molecular flexibility index (Phi) is 2.24. The van der Waals surface area contributed by atoms with Crippen molar-refractivity contribution in [3.63, 3.8) is 0 Å². The normalized spacial score (nSPS) is 22.3. The first-order valence-electron chi connectivity index (χ1n) is 4.26. The van der Waals surface area contributed by atoms with E-state index in [-0.39, 0.29) is 0 Å². The minimum absolute atomic E-state index is 0.417. The first-order valence-corrected chi connectivity index (χ1v) is 5.06. The van der Waals surface area contributed by atoms with E-state index < -0.39 is 0 Å². The Morgan fingerprint density at radius 3 is 3.25 bits per heavy atom. The van der Waals surface area contributed by atoms with E-state index in [1.165, 1.54) is 18.4 Å². The molecular formula is C9H12BrNO. The maximum atomic E-state index is 5.56. The maximum absolute atomic E-state index is 5.56. The molecule has 1 aromatic heterocycles. The van der Waals surface area contributed by atoms with E-state index >= 15 is 0 Å². The summed E-state index contributed by atoms with van der Waals surface area (Å²) in [6.45, 7) is 0. The smallest absolute Gasteiger partial charge is 0.169 e. The first kappa shape index (κ1) is 8.32. The van der Waals surface area contributed by atoms with Crippen molar-refractivity contribution >= 4 is 15.9 Å². The van der Waals surface area contributed by atoms with Crippen molar-refractivity contribution < 1.29 is 4.42 Å². The van der Waals surface area contributed by atoms with Gasteiger partial charge in [-0.15, -0.1) is 0 Å². The highest BCUT2D eigenvalue weighted by Crippen LogP contribution is 2.33. The first-order chi connectivity index (χ1) is 5.81. The molecule has 1 heterocycles. The van der Waals surface area contributed by atoms with E-state index in [0.717, 1.165) is 16.9 Å². The summed E-state index contributed by atoms with van der Waals surface area (Å²) in [6.07, 6.45) is 3.59. The zero-order chi connectivity index (χ0) is 8.55. The summed E-state index contributed by atoms with van der Waals surface area (Å²) in [5, 5.41) is 3.26. The van der Waals surface area contributed by atoms with Crippen LogP contribution in [0.3, 0.4) is 0 Å². The second-order valence-corrected chi connectivity index (χ2v) is 3.96. The molecule has 66 valence electrons. The Balaban J connectivity index is 2.36. The molecule has 1 atom stereocenters. The van der Waals surface area contributed by atoms with E-state index in [0.29, 0.717) is 6.04 Å². The number of aryl methyl sites for hydroxylation is 1. The lowest BCUT2D eigenvalue weighted by Gasteiger charge is -2.19. The number of fused-ring (bicyclic) bond motifs is 1. The molecule has 1 aromatic rings. The second kappa shape index (κ2) is 3.23. The van der Waals surface area contributed by atoms with Crippen molar-refractivity contribution in [3.8, 4) is 0 Å². The van der Waals surface area contributed by atoms with Gasteiger partial charge in [-0.25, -0.2) is 0 Å². The van der Waals surface area contributed by atoms with Gasteiger partial charge < -0.3 is 9.73 Å². The predicted molar refractivity (Wildman–Crippen MR) is 51.1 cm³/mol. The molecule has 1 N–H and O–H groups in total. The van der Waals surface area contributed by atoms with Gasteiger partial charge in [0.2, 0.25) is 0 Å². The number of hydrogen-bond acceptors (Lipinski definition) is 2. The molecule has 12 heavy (non-hydrogen) atoms. The quantitative estimate of drug-likeness (QED) is 0.802. The van der Waals surface area contributed by atoms with Gasteiger partial charge in [-0.2, -0.15) is 0 Å². The van der Waals surface area contributed by atoms with Crippen LogP contribution in [0, 0.1) is 0 Å². The van der Waals surface area contributed by atoms with Gasteiger partial charge in [0, 0.05) is 0 Å². The Hall–Kier alpha value is -0.280. The molecule has 1 aliphatic rings. The van der Waals surface area contributed by atoms with Crippen LogP contribution in [0.4, 0.5) is 0 Å². The Morgan fingerprint density at radius 2 is 2.50 bits per heavy atom. The summed E-state index contributed by atoms with van der Waals surface area (Å²) in [6, 6.07) is 2.50. The molecule has 0 amide bonds. The van der Waals surface area contributed by atoms with Gasteiger partial charge in [-0.05, 0) is 53.9 Å². The highest BCUT2D eigenvalue weighted by molar-refractivity contribution is 9.10. The van der Waals surface area contributed by atoms with E-state index in [9.17, 15) is 0 Å². The summed E-state index contributed by atoms with van der Waals surface area (Å²) in [7, 11) is 1.98. The van der Waals surface area contributed by atoms with Crippen molar-refractivity contribution in [1.29, 1.82) is 0 Å². The van der Waals surface area contributed by atoms with Gasteiger partial charge in [-0.1, -0.05) is 0 Å². The van der Waals surface area contributed by atoms with Gasteiger partial charge in [0.25, 0.3) is 0 Å². The Labute approximate surface area is 80.5 Å². The fourth-order valence-corrected chi connectivity index (χ4v) is 2.25. The van der Waals surface area contributed by atoms with E-state index in [2.05, 4.69) is 27.3 Å². The SMILES string of the molecule is CNC1CCCc2cc(Br)oc21. The minimum atomic E-state index is 0.417. The average molecular weight is 230 g/mol. The van der Waals surface area contributed by atoms with Gasteiger partial charge >= 0.3 is 0 Å². The summed E-state index contributed by atoms with van der Waals surface area (Å²) in [5.41, 5.74) is 1.35. The topological polar surface area (TPSA) is 25.2 Å². The van der Waals surface area contributed by atoms with Crippen LogP contribution >= 0.6 is 15.9 Å². The molecule has 0 spiro atoms. The Morgan fingerprint density at radius 1 is 1.67 bits per heavy atom. The number of rotatable bonds is 1. The minimum Gasteiger partial charge on any atom is -0.452 e. The van der Waals surface area contributed by atoms with E-state index in [1.54, 1.807) is 0 Å². The number of nitrogens with one attached hydrogen (secondary N) is 1. The molecule has 2 nitrogen and oxygen atoms in total. The fraction of sp³-hybridized carbons (Fsp3) is 0.556. The van der Waals surface area contributed by atoms with Crippen LogP contribution in [0.15, 0.2) is 15.2 Å². The van der Waals surface area contributed by atoms with Crippen molar-refractivity contribution in [2.45, 2.75) is 25.3 Å². The molecular weight excluding hydrogens is 218 g/mol. The van der Waals surface area contributed by atoms with Crippen LogP contribution in [-0.4, -0.2) is 7.05 Å². The van der Waals surface area contributed by atoms with E-state index in [1.807, 2.05) is 7.05 Å². The van der Waals surface area contributed by atoms with Crippen LogP contribution in [-0.2, 0) is 6.42 Å². The van der Waals surface area contributed by atoms with Gasteiger partial charge in [0.05, 0.1) is 6.04 Å². The highest BCUT2D eigenvalue weighted by Gasteiger charge is 2.22. The largest absolute Gasteiger partial charge is 0.452 e. The third-order valence-electron chi connectivity index (χ3n) is 2.42. The molecule has 1 unspecified atom stereocenters. The molecule has 2 rings (SSSR count).